The first-order valence-corrected chi connectivity index (χ1v) is 6.49. The van der Waals surface area contributed by atoms with E-state index in [-0.39, 0.29) is 24.0 Å². The number of halogens is 1. The van der Waals surface area contributed by atoms with Gasteiger partial charge in [0.05, 0.1) is 4.92 Å². The summed E-state index contributed by atoms with van der Waals surface area (Å²) < 4.78 is 12.7. The number of hydrogen-bond acceptors (Lipinski definition) is 3. The zero-order valence-electron chi connectivity index (χ0n) is 11.5. The van der Waals surface area contributed by atoms with Crippen LogP contribution in [0.25, 0.3) is 6.08 Å². The van der Waals surface area contributed by atoms with Crippen molar-refractivity contribution in [1.82, 2.24) is 5.32 Å². The van der Waals surface area contributed by atoms with E-state index in [1.54, 1.807) is 24.3 Å². The molecule has 1 amide bonds. The van der Waals surface area contributed by atoms with E-state index in [2.05, 4.69) is 5.32 Å². The highest BCUT2D eigenvalue weighted by Crippen LogP contribution is 2.14. The molecule has 5 nitrogen and oxygen atoms in total. The predicted molar refractivity (Wildman–Crippen MR) is 80.4 cm³/mol. The predicted octanol–water partition coefficient (Wildman–Crippen LogP) is 3.06. The molecule has 0 radical (unpaired) electrons. The van der Waals surface area contributed by atoms with Crippen molar-refractivity contribution < 1.29 is 14.1 Å². The number of nitrogens with zero attached hydrogens (tertiary/aromatic N) is 1. The number of nitro groups is 1. The van der Waals surface area contributed by atoms with Crippen LogP contribution in [0.3, 0.4) is 0 Å². The van der Waals surface area contributed by atoms with E-state index >= 15 is 0 Å². The lowest BCUT2D eigenvalue weighted by Crippen LogP contribution is -2.20. The minimum atomic E-state index is -0.494. The first-order valence-electron chi connectivity index (χ1n) is 6.49. The molecule has 2 rings (SSSR count). The van der Waals surface area contributed by atoms with Gasteiger partial charge in [0.15, 0.2) is 0 Å². The molecule has 0 saturated carbocycles. The molecule has 0 fully saturated rings. The van der Waals surface area contributed by atoms with Crippen LogP contribution in [0.2, 0.25) is 0 Å². The van der Waals surface area contributed by atoms with Crippen LogP contribution in [-0.4, -0.2) is 10.8 Å². The zero-order valence-corrected chi connectivity index (χ0v) is 11.5. The Bertz CT molecular complexity index is 712. The van der Waals surface area contributed by atoms with Gasteiger partial charge < -0.3 is 5.32 Å². The lowest BCUT2D eigenvalue weighted by atomic mass is 10.2. The van der Waals surface area contributed by atoms with Crippen LogP contribution < -0.4 is 5.32 Å². The summed E-state index contributed by atoms with van der Waals surface area (Å²) in [6, 6.07) is 11.8. The van der Waals surface area contributed by atoms with E-state index in [9.17, 15) is 19.3 Å². The molecule has 2 aromatic carbocycles. The van der Waals surface area contributed by atoms with Crippen LogP contribution in [0.4, 0.5) is 10.1 Å². The molecule has 0 aliphatic carbocycles. The fraction of sp³-hybridized carbons (Fsp3) is 0.0625. The highest BCUT2D eigenvalue weighted by Gasteiger charge is 2.04. The van der Waals surface area contributed by atoms with Gasteiger partial charge in [0.1, 0.15) is 5.82 Å². The van der Waals surface area contributed by atoms with Crippen molar-refractivity contribution in [2.75, 3.05) is 0 Å². The molecule has 0 atom stereocenters. The quantitative estimate of drug-likeness (QED) is 0.524. The largest absolute Gasteiger partial charge is 0.348 e. The summed E-state index contributed by atoms with van der Waals surface area (Å²) >= 11 is 0. The first kappa shape index (κ1) is 15.4. The summed E-state index contributed by atoms with van der Waals surface area (Å²) in [6.45, 7) is 0.276. The summed E-state index contributed by atoms with van der Waals surface area (Å²) in [7, 11) is 0. The van der Waals surface area contributed by atoms with Crippen LogP contribution in [0.5, 0.6) is 0 Å². The maximum Gasteiger partial charge on any atom is 0.270 e. The van der Waals surface area contributed by atoms with Crippen molar-refractivity contribution in [1.29, 1.82) is 0 Å². The van der Waals surface area contributed by atoms with E-state index in [0.717, 1.165) is 5.56 Å². The Kier molecular flexibility index (Phi) is 4.98. The van der Waals surface area contributed by atoms with Crippen molar-refractivity contribution >= 4 is 17.7 Å². The Labute approximate surface area is 126 Å². The molecule has 2 aromatic rings. The summed E-state index contributed by atoms with van der Waals surface area (Å²) in [4.78, 5) is 21.8. The number of carbonyl (C=O) groups excluding carboxylic acids is 1. The third-order valence-electron chi connectivity index (χ3n) is 2.89. The number of carbonyl (C=O) groups is 1. The Hall–Kier alpha value is -3.02. The van der Waals surface area contributed by atoms with Gasteiger partial charge in [-0.1, -0.05) is 24.3 Å². The van der Waals surface area contributed by atoms with Crippen molar-refractivity contribution in [3.05, 3.63) is 81.7 Å². The van der Waals surface area contributed by atoms with Gasteiger partial charge in [-0.15, -0.1) is 0 Å². The molecule has 0 saturated heterocycles. The van der Waals surface area contributed by atoms with Gasteiger partial charge in [-0.05, 0) is 29.3 Å². The fourth-order valence-corrected chi connectivity index (χ4v) is 1.76. The van der Waals surface area contributed by atoms with Crippen molar-refractivity contribution in [2.45, 2.75) is 6.54 Å². The molecule has 1 N–H and O–H groups in total. The number of hydrogen-bond donors (Lipinski definition) is 1. The molecule has 0 unspecified atom stereocenters. The molecule has 0 aromatic heterocycles. The molecule has 0 aliphatic rings. The Morgan fingerprint density at radius 1 is 1.23 bits per heavy atom. The van der Waals surface area contributed by atoms with Crippen molar-refractivity contribution in [3.8, 4) is 0 Å². The maximum absolute atomic E-state index is 12.7. The van der Waals surface area contributed by atoms with Crippen LogP contribution in [0.15, 0.2) is 54.6 Å². The first-order chi connectivity index (χ1) is 10.5. The standard InChI is InChI=1S/C16H13FN2O3/c17-14-7-4-13(5-8-14)11-18-16(20)9-6-12-2-1-3-15(10-12)19(21)22/h1-10H,11H2,(H,18,20). The Balaban J connectivity index is 1.92. The molecular formula is C16H13FN2O3. The van der Waals surface area contributed by atoms with Crippen LogP contribution in [0.1, 0.15) is 11.1 Å². The van der Waals surface area contributed by atoms with Gasteiger partial charge in [0.2, 0.25) is 5.91 Å². The number of nitro benzene ring substituents is 1. The van der Waals surface area contributed by atoms with Crippen LogP contribution in [0, 0.1) is 15.9 Å². The summed E-state index contributed by atoms with van der Waals surface area (Å²) in [5.41, 5.74) is 1.30. The Morgan fingerprint density at radius 2 is 1.95 bits per heavy atom. The van der Waals surface area contributed by atoms with E-state index in [1.807, 2.05) is 0 Å². The highest BCUT2D eigenvalue weighted by atomic mass is 19.1. The minimum absolute atomic E-state index is 0.0335. The van der Waals surface area contributed by atoms with E-state index < -0.39 is 4.92 Å². The number of non-ortho nitro benzene ring substituents is 1. The number of amides is 1. The second kappa shape index (κ2) is 7.12. The zero-order chi connectivity index (χ0) is 15.9. The summed E-state index contributed by atoms with van der Waals surface area (Å²) in [5, 5.41) is 13.3. The molecule has 0 aliphatic heterocycles. The number of benzene rings is 2. The molecule has 0 bridgehead atoms. The molecule has 0 spiro atoms. The van der Waals surface area contributed by atoms with E-state index in [0.29, 0.717) is 5.56 Å². The molecule has 0 heterocycles. The second-order valence-corrected chi connectivity index (χ2v) is 4.53. The topological polar surface area (TPSA) is 72.2 Å². The van der Waals surface area contributed by atoms with Gasteiger partial charge >= 0.3 is 0 Å². The average Bonchev–Trinajstić information content (AvgIpc) is 2.52. The summed E-state index contributed by atoms with van der Waals surface area (Å²) in [5.74, 6) is -0.670. The molecule has 112 valence electrons. The van der Waals surface area contributed by atoms with Gasteiger partial charge in [-0.25, -0.2) is 4.39 Å². The molecular weight excluding hydrogens is 287 g/mol. The van der Waals surface area contributed by atoms with E-state index in [4.69, 9.17) is 0 Å². The van der Waals surface area contributed by atoms with Gasteiger partial charge in [-0.3, -0.25) is 14.9 Å². The molecule has 22 heavy (non-hydrogen) atoms. The average molecular weight is 300 g/mol. The lowest BCUT2D eigenvalue weighted by molar-refractivity contribution is -0.384. The highest BCUT2D eigenvalue weighted by molar-refractivity contribution is 5.91. The molecule has 6 heteroatoms. The minimum Gasteiger partial charge on any atom is -0.348 e. The van der Waals surface area contributed by atoms with Crippen molar-refractivity contribution in [2.24, 2.45) is 0 Å². The fourth-order valence-electron chi connectivity index (χ4n) is 1.76. The van der Waals surface area contributed by atoms with Gasteiger partial charge in [0, 0.05) is 24.8 Å². The Morgan fingerprint density at radius 3 is 2.64 bits per heavy atom. The van der Waals surface area contributed by atoms with E-state index in [1.165, 1.54) is 36.4 Å². The third kappa shape index (κ3) is 4.52. The van der Waals surface area contributed by atoms with Crippen LogP contribution in [-0.2, 0) is 11.3 Å². The summed E-state index contributed by atoms with van der Waals surface area (Å²) in [6.07, 6.45) is 2.79. The third-order valence-corrected chi connectivity index (χ3v) is 2.89. The van der Waals surface area contributed by atoms with Gasteiger partial charge in [0.25, 0.3) is 5.69 Å². The monoisotopic (exact) mass is 300 g/mol. The maximum atomic E-state index is 12.7. The smallest absolute Gasteiger partial charge is 0.270 e. The lowest BCUT2D eigenvalue weighted by Gasteiger charge is -2.02. The SMILES string of the molecule is O=C(C=Cc1cccc([N+](=O)[O-])c1)NCc1ccc(F)cc1. The normalized spacial score (nSPS) is 10.6. The van der Waals surface area contributed by atoms with Crippen molar-refractivity contribution in [3.63, 3.8) is 0 Å². The van der Waals surface area contributed by atoms with Crippen LogP contribution >= 0.6 is 0 Å². The second-order valence-electron chi connectivity index (χ2n) is 4.53. The van der Waals surface area contributed by atoms with Gasteiger partial charge in [-0.2, -0.15) is 0 Å². The number of nitrogens with one attached hydrogen (secondary N) is 1. The number of rotatable bonds is 5.